The molecule has 138 valence electrons. The van der Waals surface area contributed by atoms with E-state index in [4.69, 9.17) is 4.74 Å². The summed E-state index contributed by atoms with van der Waals surface area (Å²) in [6.07, 6.45) is 3.44. The zero-order valence-corrected chi connectivity index (χ0v) is 15.2. The molecule has 28 heavy (non-hydrogen) atoms. The Morgan fingerprint density at radius 3 is 2.61 bits per heavy atom. The van der Waals surface area contributed by atoms with Crippen LogP contribution in [-0.2, 0) is 13.2 Å². The Labute approximate surface area is 163 Å². The number of carbonyl (C=O) groups is 1. The monoisotopic (exact) mass is 369 g/mol. The number of amides is 1. The fourth-order valence-electron chi connectivity index (χ4n) is 2.84. The van der Waals surface area contributed by atoms with Crippen LogP contribution in [0.2, 0.25) is 0 Å². The lowest BCUT2D eigenvalue weighted by molar-refractivity contribution is 0.0951. The molecule has 0 saturated carbocycles. The predicted octanol–water partition coefficient (Wildman–Crippen LogP) is 4.14. The molecule has 1 amide bonds. The zero-order chi connectivity index (χ0) is 19.2. The SMILES string of the molecule is O=C(NCc1cccnc1)c1ccc(OCc2ccc3ccccc3n2)cc1. The van der Waals surface area contributed by atoms with Crippen molar-refractivity contribution < 1.29 is 9.53 Å². The Morgan fingerprint density at radius 1 is 0.929 bits per heavy atom. The lowest BCUT2D eigenvalue weighted by atomic mass is 10.2. The number of ether oxygens (including phenoxy) is 1. The highest BCUT2D eigenvalue weighted by Gasteiger charge is 2.06. The van der Waals surface area contributed by atoms with Crippen LogP contribution in [0, 0.1) is 0 Å². The Balaban J connectivity index is 1.34. The van der Waals surface area contributed by atoms with Gasteiger partial charge in [-0.25, -0.2) is 4.98 Å². The second-order valence-corrected chi connectivity index (χ2v) is 6.35. The first-order chi connectivity index (χ1) is 13.8. The molecule has 0 aliphatic carbocycles. The van der Waals surface area contributed by atoms with Gasteiger partial charge < -0.3 is 10.1 Å². The maximum Gasteiger partial charge on any atom is 0.251 e. The lowest BCUT2D eigenvalue weighted by Gasteiger charge is -2.08. The molecule has 5 heteroatoms. The summed E-state index contributed by atoms with van der Waals surface area (Å²) < 4.78 is 5.80. The smallest absolute Gasteiger partial charge is 0.251 e. The van der Waals surface area contributed by atoms with Gasteiger partial charge in [-0.15, -0.1) is 0 Å². The van der Waals surface area contributed by atoms with E-state index in [0.717, 1.165) is 22.2 Å². The largest absolute Gasteiger partial charge is 0.487 e. The topological polar surface area (TPSA) is 64.1 Å². The second kappa shape index (κ2) is 8.31. The number of benzene rings is 2. The highest BCUT2D eigenvalue weighted by atomic mass is 16.5. The summed E-state index contributed by atoms with van der Waals surface area (Å²) in [4.78, 5) is 20.9. The van der Waals surface area contributed by atoms with Gasteiger partial charge in [0, 0.05) is 29.9 Å². The Bertz CT molecular complexity index is 1080. The number of nitrogens with one attached hydrogen (secondary N) is 1. The van der Waals surface area contributed by atoms with Crippen LogP contribution in [0.4, 0.5) is 0 Å². The van der Waals surface area contributed by atoms with Gasteiger partial charge >= 0.3 is 0 Å². The molecule has 0 aliphatic rings. The van der Waals surface area contributed by atoms with Gasteiger partial charge in [0.25, 0.3) is 5.91 Å². The number of para-hydroxylation sites is 1. The molecule has 0 bridgehead atoms. The van der Waals surface area contributed by atoms with Crippen LogP contribution in [0.15, 0.2) is 85.2 Å². The maximum absolute atomic E-state index is 12.3. The van der Waals surface area contributed by atoms with Crippen molar-refractivity contribution in [3.8, 4) is 5.75 Å². The molecule has 0 aliphatic heterocycles. The van der Waals surface area contributed by atoms with Gasteiger partial charge in [-0.1, -0.05) is 30.3 Å². The molecule has 4 aromatic rings. The standard InChI is InChI=1S/C23H19N3O2/c27-23(25-15-17-4-3-13-24-14-17)19-8-11-21(12-9-19)28-16-20-10-7-18-5-1-2-6-22(18)26-20/h1-14H,15-16H2,(H,25,27). The van der Waals surface area contributed by atoms with E-state index in [2.05, 4.69) is 15.3 Å². The van der Waals surface area contributed by atoms with E-state index < -0.39 is 0 Å². The van der Waals surface area contributed by atoms with Crippen LogP contribution in [-0.4, -0.2) is 15.9 Å². The number of hydrogen-bond donors (Lipinski definition) is 1. The summed E-state index contributed by atoms with van der Waals surface area (Å²) in [5.74, 6) is 0.561. The summed E-state index contributed by atoms with van der Waals surface area (Å²) in [6, 6.07) is 22.8. The fraction of sp³-hybridized carbons (Fsp3) is 0.0870. The summed E-state index contributed by atoms with van der Waals surface area (Å²) >= 11 is 0. The van der Waals surface area contributed by atoms with Gasteiger partial charge in [-0.3, -0.25) is 9.78 Å². The van der Waals surface area contributed by atoms with Crippen molar-refractivity contribution in [2.75, 3.05) is 0 Å². The van der Waals surface area contributed by atoms with Gasteiger partial charge in [0.1, 0.15) is 12.4 Å². The van der Waals surface area contributed by atoms with Crippen molar-refractivity contribution in [3.05, 3.63) is 102 Å². The molecule has 0 spiro atoms. The van der Waals surface area contributed by atoms with Crippen LogP contribution in [0.25, 0.3) is 10.9 Å². The Kier molecular flexibility index (Phi) is 5.24. The van der Waals surface area contributed by atoms with Gasteiger partial charge in [0.15, 0.2) is 0 Å². The molecule has 0 radical (unpaired) electrons. The third kappa shape index (κ3) is 4.32. The average Bonchev–Trinajstić information content (AvgIpc) is 2.77. The molecule has 5 nitrogen and oxygen atoms in total. The highest BCUT2D eigenvalue weighted by molar-refractivity contribution is 5.94. The number of pyridine rings is 2. The minimum atomic E-state index is -0.133. The van der Waals surface area contributed by atoms with E-state index in [0.29, 0.717) is 24.5 Å². The number of fused-ring (bicyclic) bond motifs is 1. The van der Waals surface area contributed by atoms with Gasteiger partial charge in [-0.2, -0.15) is 0 Å². The van der Waals surface area contributed by atoms with E-state index >= 15 is 0 Å². The van der Waals surface area contributed by atoms with E-state index in [1.54, 1.807) is 36.7 Å². The van der Waals surface area contributed by atoms with Crippen molar-refractivity contribution >= 4 is 16.8 Å². The molecule has 2 aromatic carbocycles. The van der Waals surface area contributed by atoms with E-state index in [1.807, 2.05) is 48.5 Å². The van der Waals surface area contributed by atoms with Crippen LogP contribution in [0.1, 0.15) is 21.6 Å². The molecule has 2 aromatic heterocycles. The fourth-order valence-corrected chi connectivity index (χ4v) is 2.84. The summed E-state index contributed by atoms with van der Waals surface area (Å²) in [6.45, 7) is 0.815. The Hall–Kier alpha value is -3.73. The van der Waals surface area contributed by atoms with Gasteiger partial charge in [0.2, 0.25) is 0 Å². The number of nitrogens with zero attached hydrogens (tertiary/aromatic N) is 2. The first kappa shape index (κ1) is 17.7. The minimum Gasteiger partial charge on any atom is -0.487 e. The predicted molar refractivity (Wildman–Crippen MR) is 108 cm³/mol. The summed E-state index contributed by atoms with van der Waals surface area (Å²) in [7, 11) is 0. The molecule has 2 heterocycles. The average molecular weight is 369 g/mol. The van der Waals surface area contributed by atoms with E-state index in [-0.39, 0.29) is 5.91 Å². The van der Waals surface area contributed by atoms with E-state index in [9.17, 15) is 4.79 Å². The molecule has 0 saturated heterocycles. The maximum atomic E-state index is 12.3. The van der Waals surface area contributed by atoms with Crippen molar-refractivity contribution in [3.63, 3.8) is 0 Å². The van der Waals surface area contributed by atoms with Gasteiger partial charge in [0.05, 0.1) is 11.2 Å². The van der Waals surface area contributed by atoms with Crippen LogP contribution in [0.5, 0.6) is 5.75 Å². The molecule has 1 N–H and O–H groups in total. The minimum absolute atomic E-state index is 0.133. The number of rotatable bonds is 6. The van der Waals surface area contributed by atoms with Crippen molar-refractivity contribution in [1.82, 2.24) is 15.3 Å². The number of hydrogen-bond acceptors (Lipinski definition) is 4. The quantitative estimate of drug-likeness (QED) is 0.555. The third-order valence-corrected chi connectivity index (χ3v) is 4.34. The van der Waals surface area contributed by atoms with Gasteiger partial charge in [-0.05, 0) is 48.0 Å². The molecule has 0 atom stereocenters. The van der Waals surface area contributed by atoms with Crippen molar-refractivity contribution in [2.24, 2.45) is 0 Å². The normalized spacial score (nSPS) is 10.6. The molecule has 4 rings (SSSR count). The van der Waals surface area contributed by atoms with Crippen LogP contribution < -0.4 is 10.1 Å². The second-order valence-electron chi connectivity index (χ2n) is 6.35. The van der Waals surface area contributed by atoms with E-state index in [1.165, 1.54) is 0 Å². The highest BCUT2D eigenvalue weighted by Crippen LogP contribution is 2.16. The first-order valence-corrected chi connectivity index (χ1v) is 9.02. The number of aromatic nitrogens is 2. The van der Waals surface area contributed by atoms with Crippen molar-refractivity contribution in [1.29, 1.82) is 0 Å². The molecular formula is C23H19N3O2. The number of carbonyl (C=O) groups excluding carboxylic acids is 1. The molecular weight excluding hydrogens is 350 g/mol. The molecule has 0 unspecified atom stereocenters. The lowest BCUT2D eigenvalue weighted by Crippen LogP contribution is -2.22. The zero-order valence-electron chi connectivity index (χ0n) is 15.2. The first-order valence-electron chi connectivity index (χ1n) is 9.02. The summed E-state index contributed by atoms with van der Waals surface area (Å²) in [5.41, 5.74) is 3.35. The van der Waals surface area contributed by atoms with Crippen LogP contribution >= 0.6 is 0 Å². The Morgan fingerprint density at radius 2 is 1.79 bits per heavy atom. The van der Waals surface area contributed by atoms with Crippen LogP contribution in [0.3, 0.4) is 0 Å². The van der Waals surface area contributed by atoms with Crippen molar-refractivity contribution in [2.45, 2.75) is 13.2 Å². The molecule has 0 fully saturated rings. The summed E-state index contributed by atoms with van der Waals surface area (Å²) in [5, 5.41) is 3.98. The third-order valence-electron chi connectivity index (χ3n) is 4.34.